The van der Waals surface area contributed by atoms with Gasteiger partial charge in [-0.3, -0.25) is 0 Å². The van der Waals surface area contributed by atoms with E-state index >= 15 is 0 Å². The van der Waals surface area contributed by atoms with Gasteiger partial charge in [0.1, 0.15) is 5.75 Å². The van der Waals surface area contributed by atoms with Crippen LogP contribution in [0.3, 0.4) is 0 Å². The van der Waals surface area contributed by atoms with E-state index in [2.05, 4.69) is 22.0 Å². The number of hydrogen-bond acceptors (Lipinski definition) is 2. The van der Waals surface area contributed by atoms with Gasteiger partial charge in [-0.1, -0.05) is 39.7 Å². The Hall–Kier alpha value is -0.510. The number of ether oxygens (including phenoxy) is 1. The molecular formula is C12H10BrClOS. The van der Waals surface area contributed by atoms with Gasteiger partial charge in [-0.2, -0.15) is 0 Å². The molecule has 0 aliphatic rings. The minimum atomic E-state index is 0.120. The number of halogens is 2. The molecule has 16 heavy (non-hydrogen) atoms. The van der Waals surface area contributed by atoms with Gasteiger partial charge in [-0.15, -0.1) is 11.3 Å². The molecule has 0 radical (unpaired) electrons. The van der Waals surface area contributed by atoms with Gasteiger partial charge in [0.2, 0.25) is 0 Å². The van der Waals surface area contributed by atoms with Gasteiger partial charge in [-0.05, 0) is 29.1 Å². The standard InChI is InChI=1S/C12H10BrClOS/c1-15-9-4-2-3-8(7-9)11(13)12-10(14)5-6-16-12/h2-7,11H,1H3. The fourth-order valence-electron chi connectivity index (χ4n) is 1.44. The van der Waals surface area contributed by atoms with Crippen LogP contribution >= 0.6 is 38.9 Å². The normalized spacial score (nSPS) is 12.4. The molecule has 1 aromatic heterocycles. The van der Waals surface area contributed by atoms with E-state index in [0.29, 0.717) is 0 Å². The van der Waals surface area contributed by atoms with Crippen LogP contribution in [0.25, 0.3) is 0 Å². The van der Waals surface area contributed by atoms with Gasteiger partial charge in [0.15, 0.2) is 0 Å². The molecule has 0 bridgehead atoms. The topological polar surface area (TPSA) is 9.23 Å². The maximum absolute atomic E-state index is 6.11. The quantitative estimate of drug-likeness (QED) is 0.732. The monoisotopic (exact) mass is 316 g/mol. The fraction of sp³-hybridized carbons (Fsp3) is 0.167. The zero-order valence-electron chi connectivity index (χ0n) is 8.61. The van der Waals surface area contributed by atoms with Crippen molar-refractivity contribution in [2.24, 2.45) is 0 Å². The van der Waals surface area contributed by atoms with Crippen LogP contribution in [0.15, 0.2) is 35.7 Å². The summed E-state index contributed by atoms with van der Waals surface area (Å²) in [6, 6.07) is 9.88. The number of hydrogen-bond donors (Lipinski definition) is 0. The Morgan fingerprint density at radius 1 is 1.38 bits per heavy atom. The van der Waals surface area contributed by atoms with Crippen LogP contribution in [0.2, 0.25) is 5.02 Å². The molecule has 84 valence electrons. The molecule has 4 heteroatoms. The third kappa shape index (κ3) is 2.42. The molecule has 2 rings (SSSR count). The molecule has 0 saturated carbocycles. The van der Waals surface area contributed by atoms with E-state index in [-0.39, 0.29) is 4.83 Å². The summed E-state index contributed by atoms with van der Waals surface area (Å²) in [5, 5.41) is 2.79. The summed E-state index contributed by atoms with van der Waals surface area (Å²) in [6.45, 7) is 0. The summed E-state index contributed by atoms with van der Waals surface area (Å²) in [7, 11) is 1.67. The second-order valence-corrected chi connectivity index (χ2v) is 5.54. The van der Waals surface area contributed by atoms with Crippen molar-refractivity contribution in [3.05, 3.63) is 51.2 Å². The molecule has 2 aromatic rings. The lowest BCUT2D eigenvalue weighted by Gasteiger charge is -2.10. The highest BCUT2D eigenvalue weighted by molar-refractivity contribution is 9.09. The van der Waals surface area contributed by atoms with Gasteiger partial charge < -0.3 is 4.74 Å². The predicted octanol–water partition coefficient (Wildman–Crippen LogP) is 4.89. The molecule has 0 spiro atoms. The van der Waals surface area contributed by atoms with Gasteiger partial charge in [0.25, 0.3) is 0 Å². The van der Waals surface area contributed by atoms with Crippen LogP contribution in [-0.4, -0.2) is 7.11 Å². The molecule has 1 heterocycles. The second-order valence-electron chi connectivity index (χ2n) is 3.27. The number of methoxy groups -OCH3 is 1. The summed E-state index contributed by atoms with van der Waals surface area (Å²) < 4.78 is 5.20. The predicted molar refractivity (Wildman–Crippen MR) is 73.1 cm³/mol. The molecule has 0 amide bonds. The fourth-order valence-corrected chi connectivity index (χ4v) is 3.59. The zero-order valence-corrected chi connectivity index (χ0v) is 11.8. The largest absolute Gasteiger partial charge is 0.497 e. The number of thiophene rings is 1. The Kier molecular flexibility index (Phi) is 3.90. The first-order valence-corrected chi connectivity index (χ1v) is 6.90. The number of benzene rings is 1. The zero-order chi connectivity index (χ0) is 11.5. The van der Waals surface area contributed by atoms with Crippen molar-refractivity contribution in [1.82, 2.24) is 0 Å². The third-order valence-electron chi connectivity index (χ3n) is 2.26. The second kappa shape index (κ2) is 5.21. The van der Waals surface area contributed by atoms with Crippen LogP contribution in [-0.2, 0) is 0 Å². The van der Waals surface area contributed by atoms with Crippen LogP contribution in [0.1, 0.15) is 15.3 Å². The smallest absolute Gasteiger partial charge is 0.119 e. The molecule has 0 N–H and O–H groups in total. The summed E-state index contributed by atoms with van der Waals surface area (Å²) in [4.78, 5) is 1.24. The molecule has 1 nitrogen and oxygen atoms in total. The first kappa shape index (κ1) is 12.0. The van der Waals surface area contributed by atoms with Crippen molar-refractivity contribution in [2.75, 3.05) is 7.11 Å². The lowest BCUT2D eigenvalue weighted by atomic mass is 10.1. The van der Waals surface area contributed by atoms with Gasteiger partial charge in [-0.25, -0.2) is 0 Å². The minimum Gasteiger partial charge on any atom is -0.497 e. The lowest BCUT2D eigenvalue weighted by Crippen LogP contribution is -1.91. The van der Waals surface area contributed by atoms with E-state index in [0.717, 1.165) is 21.2 Å². The van der Waals surface area contributed by atoms with E-state index < -0.39 is 0 Å². The minimum absolute atomic E-state index is 0.120. The van der Waals surface area contributed by atoms with Crippen LogP contribution in [0, 0.1) is 0 Å². The highest BCUT2D eigenvalue weighted by Crippen LogP contribution is 2.39. The Labute approximate surface area is 112 Å². The molecule has 0 aliphatic carbocycles. The van der Waals surface area contributed by atoms with Crippen molar-refractivity contribution < 1.29 is 4.74 Å². The van der Waals surface area contributed by atoms with Crippen LogP contribution in [0.5, 0.6) is 5.75 Å². The molecule has 1 atom stereocenters. The summed E-state index contributed by atoms with van der Waals surface area (Å²) in [5.74, 6) is 0.856. The van der Waals surface area contributed by atoms with E-state index in [1.54, 1.807) is 18.4 Å². The maximum Gasteiger partial charge on any atom is 0.119 e. The summed E-state index contributed by atoms with van der Waals surface area (Å²) >= 11 is 11.4. The van der Waals surface area contributed by atoms with E-state index in [4.69, 9.17) is 16.3 Å². The first-order valence-electron chi connectivity index (χ1n) is 4.73. The van der Waals surface area contributed by atoms with Gasteiger partial charge >= 0.3 is 0 Å². The van der Waals surface area contributed by atoms with Crippen molar-refractivity contribution >= 4 is 38.9 Å². The van der Waals surface area contributed by atoms with E-state index in [1.165, 1.54) is 0 Å². The number of alkyl halides is 1. The Balaban J connectivity index is 2.33. The molecule has 0 saturated heterocycles. The summed E-state index contributed by atoms with van der Waals surface area (Å²) in [5.41, 5.74) is 1.14. The highest BCUT2D eigenvalue weighted by Gasteiger charge is 2.15. The SMILES string of the molecule is COc1cccc(C(Br)c2sccc2Cl)c1. The Morgan fingerprint density at radius 3 is 2.81 bits per heavy atom. The van der Waals surface area contributed by atoms with Gasteiger partial charge in [0, 0.05) is 4.88 Å². The summed E-state index contributed by atoms with van der Waals surface area (Å²) in [6.07, 6.45) is 0. The number of rotatable bonds is 3. The first-order chi connectivity index (χ1) is 7.72. The maximum atomic E-state index is 6.11. The molecule has 0 aliphatic heterocycles. The van der Waals surface area contributed by atoms with Crippen LogP contribution in [0.4, 0.5) is 0 Å². The third-order valence-corrected chi connectivity index (χ3v) is 4.97. The Morgan fingerprint density at radius 2 is 2.19 bits per heavy atom. The lowest BCUT2D eigenvalue weighted by molar-refractivity contribution is 0.414. The molecule has 1 aromatic carbocycles. The molecule has 0 fully saturated rings. The van der Waals surface area contributed by atoms with Crippen molar-refractivity contribution in [3.8, 4) is 5.75 Å². The van der Waals surface area contributed by atoms with E-state index in [9.17, 15) is 0 Å². The average molecular weight is 318 g/mol. The average Bonchev–Trinajstić information content (AvgIpc) is 2.74. The Bertz CT molecular complexity index is 483. The van der Waals surface area contributed by atoms with Crippen molar-refractivity contribution in [1.29, 1.82) is 0 Å². The van der Waals surface area contributed by atoms with Gasteiger partial charge in [0.05, 0.1) is 17.0 Å². The molecule has 1 unspecified atom stereocenters. The van der Waals surface area contributed by atoms with E-state index in [1.807, 2.05) is 29.6 Å². The van der Waals surface area contributed by atoms with Crippen LogP contribution < -0.4 is 4.74 Å². The van der Waals surface area contributed by atoms with Crippen molar-refractivity contribution in [2.45, 2.75) is 4.83 Å². The van der Waals surface area contributed by atoms with Crippen molar-refractivity contribution in [3.63, 3.8) is 0 Å². The highest BCUT2D eigenvalue weighted by atomic mass is 79.9. The molecular weight excluding hydrogens is 308 g/mol.